The Morgan fingerprint density at radius 2 is 2.08 bits per heavy atom. The van der Waals surface area contributed by atoms with Gasteiger partial charge < -0.3 is 13.9 Å². The van der Waals surface area contributed by atoms with Gasteiger partial charge in [-0.1, -0.05) is 23.7 Å². The average molecular weight is 388 g/mol. The fraction of sp³-hybridized carbons (Fsp3) is 0.105. The molecule has 26 heavy (non-hydrogen) atoms. The van der Waals surface area contributed by atoms with Crippen LogP contribution < -0.4 is 10.4 Å². The van der Waals surface area contributed by atoms with Crippen LogP contribution in [0.5, 0.6) is 5.75 Å². The van der Waals surface area contributed by atoms with Gasteiger partial charge in [0.05, 0.1) is 7.11 Å². The third kappa shape index (κ3) is 3.76. The number of methoxy groups -OCH3 is 1. The molecule has 7 heteroatoms. The van der Waals surface area contributed by atoms with Gasteiger partial charge in [-0.25, -0.2) is 4.79 Å². The minimum atomic E-state index is -0.606. The molecule has 0 N–H and O–H groups in total. The molecule has 2 aromatic heterocycles. The molecule has 0 saturated carbocycles. The van der Waals surface area contributed by atoms with Gasteiger partial charge in [0, 0.05) is 46.8 Å². The highest BCUT2D eigenvalue weighted by molar-refractivity contribution is 7.79. The molecule has 5 nitrogen and oxygen atoms in total. The van der Waals surface area contributed by atoms with Gasteiger partial charge in [0.1, 0.15) is 11.3 Å². The van der Waals surface area contributed by atoms with Crippen molar-refractivity contribution >= 4 is 29.1 Å². The van der Waals surface area contributed by atoms with Crippen molar-refractivity contribution in [1.29, 1.82) is 0 Å². The van der Waals surface area contributed by atoms with E-state index in [0.29, 0.717) is 21.9 Å². The van der Waals surface area contributed by atoms with E-state index in [9.17, 15) is 4.79 Å². The van der Waals surface area contributed by atoms with E-state index >= 15 is 0 Å². The monoisotopic (exact) mass is 387 g/mol. The van der Waals surface area contributed by atoms with E-state index in [1.54, 1.807) is 42.7 Å². The topological polar surface area (TPSA) is 61.6 Å². The van der Waals surface area contributed by atoms with Crippen LogP contribution in [-0.4, -0.2) is 17.3 Å². The Bertz CT molecular complexity index is 1020. The van der Waals surface area contributed by atoms with E-state index in [0.717, 1.165) is 5.56 Å². The second-order valence-electron chi connectivity index (χ2n) is 5.42. The number of hydrogen-bond donors (Lipinski definition) is 0. The Hall–Kier alpha value is -2.70. The van der Waals surface area contributed by atoms with Gasteiger partial charge in [-0.15, -0.1) is 0 Å². The summed E-state index contributed by atoms with van der Waals surface area (Å²) >= 11 is 11.3. The van der Waals surface area contributed by atoms with Gasteiger partial charge in [-0.3, -0.25) is 4.98 Å². The first kappa shape index (κ1) is 18.1. The standard InChI is InChI=1S/C19H14ClNO4S/c1-11-5-6-13(14(20)8-11)17-16(25-19(26)23-2)9-15(24-18(17)22)12-4-3-7-21-10-12/h3-10H,1-2H3. The Morgan fingerprint density at radius 3 is 2.73 bits per heavy atom. The highest BCUT2D eigenvalue weighted by Gasteiger charge is 2.20. The minimum Gasteiger partial charge on any atom is -0.460 e. The number of pyridine rings is 1. The van der Waals surface area contributed by atoms with Gasteiger partial charge in [-0.05, 0) is 30.7 Å². The summed E-state index contributed by atoms with van der Waals surface area (Å²) in [6, 6.07) is 10.4. The number of aromatic nitrogens is 1. The molecule has 0 fully saturated rings. The lowest BCUT2D eigenvalue weighted by atomic mass is 10.0. The first-order valence-electron chi connectivity index (χ1n) is 7.60. The summed E-state index contributed by atoms with van der Waals surface area (Å²) in [4.78, 5) is 16.8. The van der Waals surface area contributed by atoms with E-state index < -0.39 is 5.63 Å². The fourth-order valence-electron chi connectivity index (χ4n) is 2.40. The second-order valence-corrected chi connectivity index (χ2v) is 6.16. The molecule has 0 aliphatic carbocycles. The van der Waals surface area contributed by atoms with Crippen LogP contribution in [0.15, 0.2) is 58.0 Å². The number of halogens is 1. The molecule has 0 atom stereocenters. The molecule has 0 amide bonds. The van der Waals surface area contributed by atoms with Crippen molar-refractivity contribution in [1.82, 2.24) is 4.98 Å². The van der Waals surface area contributed by atoms with E-state index in [1.165, 1.54) is 7.11 Å². The molecule has 0 aliphatic rings. The Labute approximate surface area is 160 Å². The normalized spacial score (nSPS) is 10.4. The minimum absolute atomic E-state index is 0.128. The van der Waals surface area contributed by atoms with Crippen LogP contribution >= 0.6 is 23.8 Å². The predicted molar refractivity (Wildman–Crippen MR) is 104 cm³/mol. The van der Waals surface area contributed by atoms with Crippen molar-refractivity contribution in [3.05, 3.63) is 69.8 Å². The number of hydrogen-bond acceptors (Lipinski definition) is 6. The fourth-order valence-corrected chi connectivity index (χ4v) is 2.82. The molecule has 0 saturated heterocycles. The van der Waals surface area contributed by atoms with Crippen molar-refractivity contribution < 1.29 is 13.9 Å². The van der Waals surface area contributed by atoms with Crippen LogP contribution in [0.25, 0.3) is 22.5 Å². The molecule has 3 rings (SSSR count). The Balaban J connectivity index is 2.23. The molecule has 0 spiro atoms. The second kappa shape index (κ2) is 7.68. The summed E-state index contributed by atoms with van der Waals surface area (Å²) in [7, 11) is 1.38. The summed E-state index contributed by atoms with van der Waals surface area (Å²) < 4.78 is 15.9. The highest BCUT2D eigenvalue weighted by atomic mass is 35.5. The molecule has 1 aromatic carbocycles. The molecular weight excluding hydrogens is 374 g/mol. The Morgan fingerprint density at radius 1 is 1.27 bits per heavy atom. The maximum absolute atomic E-state index is 12.7. The van der Waals surface area contributed by atoms with Crippen LogP contribution in [0.4, 0.5) is 0 Å². The zero-order valence-electron chi connectivity index (χ0n) is 14.0. The van der Waals surface area contributed by atoms with Gasteiger partial charge in [0.25, 0.3) is 0 Å². The average Bonchev–Trinajstić information content (AvgIpc) is 2.63. The summed E-state index contributed by atoms with van der Waals surface area (Å²) in [6.45, 7) is 1.90. The van der Waals surface area contributed by atoms with Crippen LogP contribution in [0.3, 0.4) is 0 Å². The first-order chi connectivity index (χ1) is 12.5. The van der Waals surface area contributed by atoms with E-state index in [2.05, 4.69) is 4.98 Å². The lowest BCUT2D eigenvalue weighted by Crippen LogP contribution is -2.13. The Kier molecular flexibility index (Phi) is 5.35. The van der Waals surface area contributed by atoms with Gasteiger partial charge in [0.15, 0.2) is 5.75 Å². The highest BCUT2D eigenvalue weighted by Crippen LogP contribution is 2.35. The molecule has 0 unspecified atom stereocenters. The molecule has 0 aliphatic heterocycles. The molecular formula is C19H14ClNO4S. The SMILES string of the molecule is COC(=S)Oc1cc(-c2cccnc2)oc(=O)c1-c1ccc(C)cc1Cl. The van der Waals surface area contributed by atoms with Gasteiger partial charge >= 0.3 is 10.9 Å². The van der Waals surface area contributed by atoms with Gasteiger partial charge in [-0.2, -0.15) is 0 Å². The molecule has 0 radical (unpaired) electrons. The third-order valence-electron chi connectivity index (χ3n) is 3.62. The van der Waals surface area contributed by atoms with Crippen molar-refractivity contribution in [3.8, 4) is 28.2 Å². The van der Waals surface area contributed by atoms with E-state index in [4.69, 9.17) is 37.7 Å². The van der Waals surface area contributed by atoms with Gasteiger partial charge in [0.2, 0.25) is 0 Å². The molecule has 0 bridgehead atoms. The molecule has 132 valence electrons. The summed E-state index contributed by atoms with van der Waals surface area (Å²) in [5, 5.41) is 0.275. The van der Waals surface area contributed by atoms with E-state index in [-0.39, 0.29) is 16.5 Å². The number of rotatable bonds is 3. The largest absolute Gasteiger partial charge is 0.460 e. The summed E-state index contributed by atoms with van der Waals surface area (Å²) in [5.41, 5.74) is 1.63. The van der Waals surface area contributed by atoms with Crippen LogP contribution in [-0.2, 0) is 4.74 Å². The number of aryl methyl sites for hydroxylation is 1. The van der Waals surface area contributed by atoms with E-state index in [1.807, 2.05) is 13.0 Å². The lowest BCUT2D eigenvalue weighted by Gasteiger charge is -2.12. The van der Waals surface area contributed by atoms with Crippen molar-refractivity contribution in [2.75, 3.05) is 7.11 Å². The first-order valence-corrected chi connectivity index (χ1v) is 8.39. The number of benzene rings is 1. The quantitative estimate of drug-likeness (QED) is 0.610. The third-order valence-corrected chi connectivity index (χ3v) is 4.18. The maximum Gasteiger partial charge on any atom is 0.357 e. The van der Waals surface area contributed by atoms with Crippen molar-refractivity contribution in [3.63, 3.8) is 0 Å². The summed E-state index contributed by atoms with van der Waals surface area (Å²) in [6.07, 6.45) is 3.20. The van der Waals surface area contributed by atoms with Crippen molar-refractivity contribution in [2.24, 2.45) is 0 Å². The molecule has 3 aromatic rings. The smallest absolute Gasteiger partial charge is 0.357 e. The summed E-state index contributed by atoms with van der Waals surface area (Å²) in [5.74, 6) is 0.488. The maximum atomic E-state index is 12.7. The predicted octanol–water partition coefficient (Wildman–Crippen LogP) is 4.64. The molecule has 2 heterocycles. The zero-order chi connectivity index (χ0) is 18.7. The number of thiocarbonyl (C=S) groups is 1. The number of ether oxygens (including phenoxy) is 2. The lowest BCUT2D eigenvalue weighted by molar-refractivity contribution is 0.314. The van der Waals surface area contributed by atoms with Crippen LogP contribution in [0, 0.1) is 6.92 Å². The zero-order valence-corrected chi connectivity index (χ0v) is 15.6. The number of nitrogens with zero attached hydrogens (tertiary/aromatic N) is 1. The van der Waals surface area contributed by atoms with Crippen LogP contribution in [0.1, 0.15) is 5.56 Å². The van der Waals surface area contributed by atoms with Crippen molar-refractivity contribution in [2.45, 2.75) is 6.92 Å². The van der Waals surface area contributed by atoms with Crippen LogP contribution in [0.2, 0.25) is 5.02 Å².